The summed E-state index contributed by atoms with van der Waals surface area (Å²) in [4.78, 5) is 53.8. The van der Waals surface area contributed by atoms with Crippen molar-refractivity contribution in [3.8, 4) is 11.5 Å². The summed E-state index contributed by atoms with van der Waals surface area (Å²) in [5, 5.41) is 5.24. The Bertz CT molecular complexity index is 1090. The number of carbonyl (C=O) groups is 4. The van der Waals surface area contributed by atoms with Gasteiger partial charge in [-0.25, -0.2) is 4.39 Å². The van der Waals surface area contributed by atoms with Crippen molar-refractivity contribution < 1.29 is 33.0 Å². The van der Waals surface area contributed by atoms with Gasteiger partial charge in [0.25, 0.3) is 5.91 Å². The smallest absolute Gasteiger partial charge is 0.255 e. The van der Waals surface area contributed by atoms with E-state index in [9.17, 15) is 23.6 Å². The molecule has 0 spiro atoms. The number of nitrogens with one attached hydrogen (secondary N) is 2. The van der Waals surface area contributed by atoms with Crippen molar-refractivity contribution in [3.05, 3.63) is 59.9 Å². The highest BCUT2D eigenvalue weighted by Crippen LogP contribution is 2.18. The van der Waals surface area contributed by atoms with Gasteiger partial charge in [-0.15, -0.1) is 0 Å². The Hall–Kier alpha value is -4.15. The van der Waals surface area contributed by atoms with Crippen molar-refractivity contribution in [3.63, 3.8) is 0 Å². The molecule has 4 amide bonds. The van der Waals surface area contributed by atoms with Crippen LogP contribution in [0, 0.1) is 5.82 Å². The molecule has 0 radical (unpaired) electrons. The Kier molecular flexibility index (Phi) is 9.20. The highest BCUT2D eigenvalue weighted by atomic mass is 19.1. The molecule has 0 saturated heterocycles. The monoisotopic (exact) mass is 500 g/mol. The number of benzene rings is 2. The van der Waals surface area contributed by atoms with Crippen LogP contribution in [-0.2, 0) is 14.4 Å². The first-order valence-corrected chi connectivity index (χ1v) is 11.4. The SMILES string of the molecule is CN1CCOc2ccccc2C(=O)N[C@H](C(=O)NCCOc2ccc(F)cc2)CC(=O)N(C)CC1=O. The molecule has 0 bridgehead atoms. The van der Waals surface area contributed by atoms with Crippen LogP contribution in [0.4, 0.5) is 4.39 Å². The van der Waals surface area contributed by atoms with Crippen molar-refractivity contribution in [1.82, 2.24) is 20.4 Å². The lowest BCUT2D eigenvalue weighted by atomic mass is 10.1. The fourth-order valence-electron chi connectivity index (χ4n) is 3.38. The van der Waals surface area contributed by atoms with Crippen LogP contribution in [0.5, 0.6) is 11.5 Å². The van der Waals surface area contributed by atoms with E-state index in [4.69, 9.17) is 9.47 Å². The summed E-state index contributed by atoms with van der Waals surface area (Å²) in [6.45, 7) is 0.392. The van der Waals surface area contributed by atoms with Crippen LogP contribution in [0.25, 0.3) is 0 Å². The summed E-state index contributed by atoms with van der Waals surface area (Å²) in [5.41, 5.74) is 0.196. The standard InChI is InChI=1S/C25H29FN4O6/c1-29-12-14-36-21-6-4-3-5-19(21)24(33)28-20(15-22(31)30(2)16-23(29)32)25(34)27-11-13-35-18-9-7-17(26)8-10-18/h3-10,20H,11-16H2,1-2H3,(H,27,34)(H,28,33)/t20-/m0/s1. The molecule has 0 fully saturated rings. The molecule has 3 rings (SSSR count). The van der Waals surface area contributed by atoms with Crippen molar-refractivity contribution in [1.29, 1.82) is 0 Å². The lowest BCUT2D eigenvalue weighted by molar-refractivity contribution is -0.139. The van der Waals surface area contributed by atoms with E-state index in [0.717, 1.165) is 0 Å². The minimum absolute atomic E-state index is 0.0790. The molecule has 1 aliphatic heterocycles. The number of fused-ring (bicyclic) bond motifs is 1. The zero-order valence-corrected chi connectivity index (χ0v) is 20.2. The van der Waals surface area contributed by atoms with Crippen molar-refractivity contribution >= 4 is 23.6 Å². The van der Waals surface area contributed by atoms with Gasteiger partial charge in [-0.05, 0) is 36.4 Å². The van der Waals surface area contributed by atoms with Gasteiger partial charge in [-0.2, -0.15) is 0 Å². The van der Waals surface area contributed by atoms with E-state index in [-0.39, 0.29) is 50.7 Å². The normalized spacial score (nSPS) is 17.4. The van der Waals surface area contributed by atoms with Crippen LogP contribution in [0.15, 0.2) is 48.5 Å². The Morgan fingerprint density at radius 3 is 2.56 bits per heavy atom. The van der Waals surface area contributed by atoms with E-state index in [1.54, 1.807) is 31.3 Å². The predicted octanol–water partition coefficient (Wildman–Crippen LogP) is 0.819. The molecular formula is C25H29FN4O6. The van der Waals surface area contributed by atoms with Gasteiger partial charge in [0.05, 0.1) is 31.6 Å². The van der Waals surface area contributed by atoms with E-state index < -0.39 is 29.6 Å². The summed E-state index contributed by atoms with van der Waals surface area (Å²) in [7, 11) is 3.05. The van der Waals surface area contributed by atoms with Gasteiger partial charge in [-0.3, -0.25) is 19.2 Å². The lowest BCUT2D eigenvalue weighted by Gasteiger charge is -2.25. The number of nitrogens with zero attached hydrogens (tertiary/aromatic N) is 2. The van der Waals surface area contributed by atoms with Crippen LogP contribution in [0.3, 0.4) is 0 Å². The van der Waals surface area contributed by atoms with E-state index in [0.29, 0.717) is 11.5 Å². The number of rotatable bonds is 5. The number of hydrogen-bond acceptors (Lipinski definition) is 6. The Morgan fingerprint density at radius 2 is 1.81 bits per heavy atom. The fourth-order valence-corrected chi connectivity index (χ4v) is 3.38. The second kappa shape index (κ2) is 12.5. The molecule has 1 aliphatic rings. The first-order chi connectivity index (χ1) is 17.2. The molecule has 1 atom stereocenters. The quantitative estimate of drug-likeness (QED) is 0.587. The lowest BCUT2D eigenvalue weighted by Crippen LogP contribution is -2.50. The summed E-state index contributed by atoms with van der Waals surface area (Å²) < 4.78 is 24.2. The predicted molar refractivity (Wildman–Crippen MR) is 128 cm³/mol. The molecule has 1 heterocycles. The van der Waals surface area contributed by atoms with Crippen LogP contribution >= 0.6 is 0 Å². The van der Waals surface area contributed by atoms with Gasteiger partial charge < -0.3 is 29.9 Å². The molecule has 0 aliphatic carbocycles. The molecule has 192 valence electrons. The largest absolute Gasteiger partial charge is 0.492 e. The van der Waals surface area contributed by atoms with E-state index in [1.165, 1.54) is 41.1 Å². The van der Waals surface area contributed by atoms with Gasteiger partial charge >= 0.3 is 0 Å². The number of halogens is 1. The number of likely N-dealkylation sites (N-methyl/N-ethyl adjacent to an activating group) is 2. The summed E-state index contributed by atoms with van der Waals surface area (Å²) in [5.74, 6) is -1.62. The zero-order chi connectivity index (χ0) is 26.1. The van der Waals surface area contributed by atoms with Crippen LogP contribution in [0.2, 0.25) is 0 Å². The minimum Gasteiger partial charge on any atom is -0.492 e. The molecule has 2 aromatic rings. The molecule has 2 aromatic carbocycles. The van der Waals surface area contributed by atoms with E-state index in [2.05, 4.69) is 10.6 Å². The van der Waals surface area contributed by atoms with Crippen LogP contribution in [0.1, 0.15) is 16.8 Å². The van der Waals surface area contributed by atoms with Crippen LogP contribution < -0.4 is 20.1 Å². The minimum atomic E-state index is -1.21. The molecule has 0 saturated carbocycles. The summed E-state index contributed by atoms with van der Waals surface area (Å²) in [6, 6.07) is 10.7. The van der Waals surface area contributed by atoms with Crippen molar-refractivity contribution in [2.45, 2.75) is 12.5 Å². The molecule has 0 aromatic heterocycles. The highest BCUT2D eigenvalue weighted by Gasteiger charge is 2.28. The molecule has 11 heteroatoms. The Balaban J connectivity index is 1.72. The maximum absolute atomic E-state index is 13.0. The number of ether oxygens (including phenoxy) is 2. The second-order valence-corrected chi connectivity index (χ2v) is 8.23. The fraction of sp³-hybridized carbons (Fsp3) is 0.360. The van der Waals surface area contributed by atoms with Gasteiger partial charge in [0, 0.05) is 14.1 Å². The molecule has 0 unspecified atom stereocenters. The number of amides is 4. The highest BCUT2D eigenvalue weighted by molar-refractivity contribution is 6.00. The maximum atomic E-state index is 13.0. The van der Waals surface area contributed by atoms with Crippen molar-refractivity contribution in [2.24, 2.45) is 0 Å². The molecular weight excluding hydrogens is 471 g/mol. The second-order valence-electron chi connectivity index (χ2n) is 8.23. The third kappa shape index (κ3) is 7.42. The van der Waals surface area contributed by atoms with E-state index >= 15 is 0 Å². The summed E-state index contributed by atoms with van der Waals surface area (Å²) >= 11 is 0. The average molecular weight is 501 g/mol. The Labute approximate surface area is 208 Å². The first kappa shape index (κ1) is 26.5. The third-order valence-corrected chi connectivity index (χ3v) is 5.52. The molecule has 2 N–H and O–H groups in total. The van der Waals surface area contributed by atoms with E-state index in [1.807, 2.05) is 0 Å². The Morgan fingerprint density at radius 1 is 1.08 bits per heavy atom. The maximum Gasteiger partial charge on any atom is 0.255 e. The molecule has 10 nitrogen and oxygen atoms in total. The topological polar surface area (TPSA) is 117 Å². The number of para-hydroxylation sites is 1. The van der Waals surface area contributed by atoms with Crippen LogP contribution in [-0.4, -0.2) is 86.4 Å². The number of hydrogen-bond donors (Lipinski definition) is 2. The third-order valence-electron chi connectivity index (χ3n) is 5.52. The van der Waals surface area contributed by atoms with Gasteiger partial charge in [0.2, 0.25) is 17.7 Å². The van der Waals surface area contributed by atoms with Crippen molar-refractivity contribution in [2.75, 3.05) is 46.9 Å². The van der Waals surface area contributed by atoms with Gasteiger partial charge in [-0.1, -0.05) is 12.1 Å². The average Bonchev–Trinajstić information content (AvgIpc) is 2.86. The zero-order valence-electron chi connectivity index (χ0n) is 20.2. The summed E-state index contributed by atoms with van der Waals surface area (Å²) in [6.07, 6.45) is -0.354. The molecule has 36 heavy (non-hydrogen) atoms. The van der Waals surface area contributed by atoms with Gasteiger partial charge in [0.15, 0.2) is 0 Å². The van der Waals surface area contributed by atoms with Gasteiger partial charge in [0.1, 0.15) is 36.6 Å². The number of carbonyl (C=O) groups excluding carboxylic acids is 4. The first-order valence-electron chi connectivity index (χ1n) is 11.4.